The molecular formula is C16H20ClNO3. The molecule has 0 radical (unpaired) electrons. The first-order valence-corrected chi connectivity index (χ1v) is 7.85. The van der Waals surface area contributed by atoms with Crippen LogP contribution in [0.4, 0.5) is 0 Å². The number of amides is 1. The monoisotopic (exact) mass is 309 g/mol. The highest BCUT2D eigenvalue weighted by molar-refractivity contribution is 6.30. The standard InChI is InChI=1S/C16H20ClNO3/c1-10(21-15-6-2-11(17)3-7-15)16(20)18-12-4-5-13(18)9-14(19)8-12/h2-3,6-7,10,12-14,19H,4-5,8-9H2,1H3. The van der Waals surface area contributed by atoms with Crippen LogP contribution in [0.5, 0.6) is 5.75 Å². The minimum absolute atomic E-state index is 0.0179. The molecule has 0 aromatic heterocycles. The van der Waals surface area contributed by atoms with Crippen molar-refractivity contribution in [2.45, 2.75) is 56.9 Å². The van der Waals surface area contributed by atoms with Crippen molar-refractivity contribution in [2.24, 2.45) is 0 Å². The summed E-state index contributed by atoms with van der Waals surface area (Å²) in [6.45, 7) is 1.78. The molecule has 2 aliphatic rings. The van der Waals surface area contributed by atoms with Crippen molar-refractivity contribution in [3.05, 3.63) is 29.3 Å². The van der Waals surface area contributed by atoms with Crippen molar-refractivity contribution in [1.29, 1.82) is 0 Å². The fourth-order valence-corrected chi connectivity index (χ4v) is 3.61. The first kappa shape index (κ1) is 14.7. The van der Waals surface area contributed by atoms with Crippen molar-refractivity contribution in [3.8, 4) is 5.75 Å². The van der Waals surface area contributed by atoms with E-state index in [9.17, 15) is 9.90 Å². The Bertz CT molecular complexity index is 505. The van der Waals surface area contributed by atoms with Crippen LogP contribution < -0.4 is 4.74 Å². The van der Waals surface area contributed by atoms with Gasteiger partial charge in [0, 0.05) is 17.1 Å². The van der Waals surface area contributed by atoms with Gasteiger partial charge in [0.2, 0.25) is 0 Å². The van der Waals surface area contributed by atoms with Crippen LogP contribution in [0, 0.1) is 0 Å². The summed E-state index contributed by atoms with van der Waals surface area (Å²) >= 11 is 5.84. The average Bonchev–Trinajstić information content (AvgIpc) is 2.72. The summed E-state index contributed by atoms with van der Waals surface area (Å²) in [5.74, 6) is 0.661. The largest absolute Gasteiger partial charge is 0.481 e. The number of carbonyl (C=O) groups is 1. The highest BCUT2D eigenvalue weighted by atomic mass is 35.5. The third-order valence-corrected chi connectivity index (χ3v) is 4.69. The van der Waals surface area contributed by atoms with E-state index in [0.717, 1.165) is 12.8 Å². The van der Waals surface area contributed by atoms with Crippen LogP contribution >= 0.6 is 11.6 Å². The minimum Gasteiger partial charge on any atom is -0.481 e. The third-order valence-electron chi connectivity index (χ3n) is 4.44. The van der Waals surface area contributed by atoms with Crippen LogP contribution in [0.3, 0.4) is 0 Å². The second-order valence-electron chi connectivity index (χ2n) is 5.97. The van der Waals surface area contributed by atoms with Crippen molar-refractivity contribution in [1.82, 2.24) is 4.90 Å². The van der Waals surface area contributed by atoms with E-state index in [1.165, 1.54) is 0 Å². The molecule has 2 heterocycles. The molecule has 4 nitrogen and oxygen atoms in total. The van der Waals surface area contributed by atoms with E-state index in [1.807, 2.05) is 4.90 Å². The number of hydrogen-bond acceptors (Lipinski definition) is 3. The molecule has 2 fully saturated rings. The molecule has 3 unspecified atom stereocenters. The highest BCUT2D eigenvalue weighted by Crippen LogP contribution is 2.36. The zero-order valence-corrected chi connectivity index (χ0v) is 12.8. The zero-order chi connectivity index (χ0) is 15.0. The molecule has 3 rings (SSSR count). The lowest BCUT2D eigenvalue weighted by molar-refractivity contribution is -0.144. The Morgan fingerprint density at radius 3 is 2.43 bits per heavy atom. The van der Waals surface area contributed by atoms with Crippen molar-refractivity contribution >= 4 is 17.5 Å². The maximum Gasteiger partial charge on any atom is 0.263 e. The molecule has 114 valence electrons. The van der Waals surface area contributed by atoms with Crippen LogP contribution in [0.1, 0.15) is 32.6 Å². The van der Waals surface area contributed by atoms with Crippen molar-refractivity contribution in [2.75, 3.05) is 0 Å². The number of ether oxygens (including phenoxy) is 1. The average molecular weight is 310 g/mol. The van der Waals surface area contributed by atoms with Crippen LogP contribution in [0.2, 0.25) is 5.02 Å². The van der Waals surface area contributed by atoms with E-state index in [2.05, 4.69) is 0 Å². The van der Waals surface area contributed by atoms with E-state index in [4.69, 9.17) is 16.3 Å². The van der Waals surface area contributed by atoms with Gasteiger partial charge in [-0.3, -0.25) is 4.79 Å². The smallest absolute Gasteiger partial charge is 0.263 e. The van der Waals surface area contributed by atoms with Gasteiger partial charge in [-0.25, -0.2) is 0 Å². The third kappa shape index (κ3) is 3.01. The molecule has 5 heteroatoms. The first-order chi connectivity index (χ1) is 10.0. The number of benzene rings is 1. The maximum atomic E-state index is 12.6. The van der Waals surface area contributed by atoms with E-state index < -0.39 is 6.10 Å². The lowest BCUT2D eigenvalue weighted by Gasteiger charge is -2.38. The summed E-state index contributed by atoms with van der Waals surface area (Å²) in [5, 5.41) is 10.5. The van der Waals surface area contributed by atoms with Crippen LogP contribution in [-0.4, -0.2) is 40.2 Å². The summed E-state index contributed by atoms with van der Waals surface area (Å²) in [7, 11) is 0. The number of aliphatic hydroxyl groups excluding tert-OH is 1. The molecule has 0 saturated carbocycles. The Hall–Kier alpha value is -1.26. The Balaban J connectivity index is 1.66. The van der Waals surface area contributed by atoms with Crippen LogP contribution in [-0.2, 0) is 4.79 Å². The van der Waals surface area contributed by atoms with Gasteiger partial charge in [-0.15, -0.1) is 0 Å². The van der Waals surface area contributed by atoms with Gasteiger partial charge in [0.05, 0.1) is 6.10 Å². The molecule has 2 bridgehead atoms. The number of aliphatic hydroxyl groups is 1. The predicted octanol–water partition coefficient (Wildman–Crippen LogP) is 2.62. The van der Waals surface area contributed by atoms with Gasteiger partial charge in [-0.2, -0.15) is 0 Å². The number of carbonyl (C=O) groups excluding carboxylic acids is 1. The summed E-state index contributed by atoms with van der Waals surface area (Å²) < 4.78 is 5.72. The quantitative estimate of drug-likeness (QED) is 0.934. The lowest BCUT2D eigenvalue weighted by atomic mass is 9.99. The predicted molar refractivity (Wildman–Crippen MR) is 80.4 cm³/mol. The molecule has 21 heavy (non-hydrogen) atoms. The highest BCUT2D eigenvalue weighted by Gasteiger charge is 2.44. The summed E-state index contributed by atoms with van der Waals surface area (Å²) in [6.07, 6.45) is 2.57. The number of piperidine rings is 1. The Morgan fingerprint density at radius 1 is 1.29 bits per heavy atom. The van der Waals surface area contributed by atoms with Gasteiger partial charge in [0.15, 0.2) is 6.10 Å². The normalized spacial score (nSPS) is 29.3. The van der Waals surface area contributed by atoms with E-state index in [-0.39, 0.29) is 24.1 Å². The second kappa shape index (κ2) is 5.85. The van der Waals surface area contributed by atoms with Gasteiger partial charge in [-0.1, -0.05) is 11.6 Å². The van der Waals surface area contributed by atoms with E-state index in [1.54, 1.807) is 31.2 Å². The zero-order valence-electron chi connectivity index (χ0n) is 12.0. The molecule has 1 amide bonds. The van der Waals surface area contributed by atoms with Gasteiger partial charge < -0.3 is 14.7 Å². The number of nitrogens with zero attached hydrogens (tertiary/aromatic N) is 1. The number of fused-ring (bicyclic) bond motifs is 2. The summed E-state index contributed by atoms with van der Waals surface area (Å²) in [5.41, 5.74) is 0. The SMILES string of the molecule is CC(Oc1ccc(Cl)cc1)C(=O)N1C2CCC1CC(O)C2. The fourth-order valence-electron chi connectivity index (χ4n) is 3.49. The summed E-state index contributed by atoms with van der Waals surface area (Å²) in [4.78, 5) is 14.6. The van der Waals surface area contributed by atoms with Gasteiger partial charge in [-0.05, 0) is 56.9 Å². The van der Waals surface area contributed by atoms with Crippen LogP contribution in [0.15, 0.2) is 24.3 Å². The molecular weight excluding hydrogens is 290 g/mol. The van der Waals surface area contributed by atoms with E-state index in [0.29, 0.717) is 23.6 Å². The first-order valence-electron chi connectivity index (χ1n) is 7.47. The van der Waals surface area contributed by atoms with Crippen molar-refractivity contribution in [3.63, 3.8) is 0 Å². The minimum atomic E-state index is -0.524. The number of halogens is 1. The maximum absolute atomic E-state index is 12.6. The van der Waals surface area contributed by atoms with Gasteiger partial charge in [0.25, 0.3) is 5.91 Å². The topological polar surface area (TPSA) is 49.8 Å². The molecule has 2 aliphatic heterocycles. The summed E-state index contributed by atoms with van der Waals surface area (Å²) in [6, 6.07) is 7.36. The molecule has 2 saturated heterocycles. The lowest BCUT2D eigenvalue weighted by Crippen LogP contribution is -2.52. The van der Waals surface area contributed by atoms with Crippen molar-refractivity contribution < 1.29 is 14.6 Å². The molecule has 0 aliphatic carbocycles. The molecule has 0 spiro atoms. The van der Waals surface area contributed by atoms with Gasteiger partial charge >= 0.3 is 0 Å². The number of rotatable bonds is 3. The molecule has 1 N–H and O–H groups in total. The Kier molecular flexibility index (Phi) is 4.09. The Labute approximate surface area is 129 Å². The molecule has 3 atom stereocenters. The van der Waals surface area contributed by atoms with E-state index >= 15 is 0 Å². The van der Waals surface area contributed by atoms with Gasteiger partial charge in [0.1, 0.15) is 5.75 Å². The fraction of sp³-hybridized carbons (Fsp3) is 0.562. The molecule has 1 aromatic rings. The second-order valence-corrected chi connectivity index (χ2v) is 6.41. The molecule has 1 aromatic carbocycles. The number of hydrogen-bond donors (Lipinski definition) is 1. The van der Waals surface area contributed by atoms with Crippen LogP contribution in [0.25, 0.3) is 0 Å². The Morgan fingerprint density at radius 2 is 1.86 bits per heavy atom.